The second-order valence-electron chi connectivity index (χ2n) is 3.97. The van der Waals surface area contributed by atoms with E-state index in [1.165, 1.54) is 0 Å². The normalized spacial score (nSPS) is 13.3. The fourth-order valence-corrected chi connectivity index (χ4v) is 0.738. The van der Waals surface area contributed by atoms with Gasteiger partial charge in [0.15, 0.2) is 0 Å². The number of quaternary nitrogens is 1. The van der Waals surface area contributed by atoms with Crippen LogP contribution in [0.15, 0.2) is 0 Å². The Morgan fingerprint density at radius 1 is 1.42 bits per heavy atom. The van der Waals surface area contributed by atoms with Gasteiger partial charge in [0.2, 0.25) is 5.91 Å². The lowest BCUT2D eigenvalue weighted by atomic mass is 10.1. The molecule has 0 aliphatic carbocycles. The predicted molar refractivity (Wildman–Crippen MR) is 53.2 cm³/mol. The van der Waals surface area contributed by atoms with Gasteiger partial charge in [-0.25, -0.2) is 0 Å². The first-order chi connectivity index (χ1) is 4.84. The van der Waals surface area contributed by atoms with Crippen molar-refractivity contribution in [2.45, 2.75) is 25.8 Å². The molecule has 0 bridgehead atoms. The van der Waals surface area contributed by atoms with Gasteiger partial charge in [-0.3, -0.25) is 4.79 Å². The van der Waals surface area contributed by atoms with Gasteiger partial charge in [-0.05, 0) is 6.92 Å². The van der Waals surface area contributed by atoms with E-state index in [0.29, 0.717) is 12.5 Å². The molecule has 0 aromatic rings. The summed E-state index contributed by atoms with van der Waals surface area (Å²) >= 11 is 0. The van der Waals surface area contributed by atoms with Gasteiger partial charge >= 0.3 is 0 Å². The van der Waals surface area contributed by atoms with E-state index in [1.807, 2.05) is 0 Å². The van der Waals surface area contributed by atoms with Gasteiger partial charge in [0.1, 0.15) is 0 Å². The van der Waals surface area contributed by atoms with Crippen LogP contribution >= 0.6 is 12.4 Å². The van der Waals surface area contributed by atoms with Crippen LogP contribution in [0, 0.1) is 0 Å². The maximum Gasteiger partial charge on any atom is 0.217 e. The average Bonchev–Trinajstić information content (AvgIpc) is 1.80. The molecule has 4 heteroatoms. The third kappa shape index (κ3) is 6.43. The fourth-order valence-electron chi connectivity index (χ4n) is 0.738. The second-order valence-corrected chi connectivity index (χ2v) is 3.97. The van der Waals surface area contributed by atoms with Crippen LogP contribution in [0.3, 0.4) is 0 Å². The van der Waals surface area contributed by atoms with Gasteiger partial charge in [0.25, 0.3) is 0 Å². The fraction of sp³-hybridized carbons (Fsp3) is 0.875. The molecule has 1 atom stereocenters. The topological polar surface area (TPSA) is 43.1 Å². The van der Waals surface area contributed by atoms with Crippen LogP contribution in [0.5, 0.6) is 0 Å². The first kappa shape index (κ1) is 14.3. The smallest absolute Gasteiger partial charge is 0.217 e. The van der Waals surface area contributed by atoms with Crippen molar-refractivity contribution in [3.05, 3.63) is 0 Å². The first-order valence-corrected chi connectivity index (χ1v) is 3.93. The van der Waals surface area contributed by atoms with Crippen molar-refractivity contribution >= 4 is 18.3 Å². The molecule has 74 valence electrons. The molecule has 0 saturated carbocycles. The molecule has 0 aromatic carbocycles. The molecule has 12 heavy (non-hydrogen) atoms. The van der Waals surface area contributed by atoms with Crippen LogP contribution in [-0.4, -0.2) is 37.6 Å². The molecule has 1 unspecified atom stereocenters. The highest BCUT2D eigenvalue weighted by atomic mass is 35.5. The molecule has 1 amide bonds. The number of rotatable bonds is 4. The summed E-state index contributed by atoms with van der Waals surface area (Å²) in [5, 5.41) is 0. The first-order valence-electron chi connectivity index (χ1n) is 3.93. The molecular weight excluding hydrogens is 176 g/mol. The molecule has 0 rings (SSSR count). The average molecular weight is 196 g/mol. The van der Waals surface area contributed by atoms with Crippen LogP contribution in [0.4, 0.5) is 0 Å². The maximum absolute atomic E-state index is 10.4. The van der Waals surface area contributed by atoms with Crippen LogP contribution in [0.1, 0.15) is 19.8 Å². The van der Waals surface area contributed by atoms with Gasteiger partial charge in [0, 0.05) is 12.8 Å². The third-order valence-corrected chi connectivity index (χ3v) is 2.13. The zero-order valence-electron chi connectivity index (χ0n) is 8.33. The Morgan fingerprint density at radius 3 is 2.08 bits per heavy atom. The summed E-state index contributed by atoms with van der Waals surface area (Å²) in [6, 6.07) is 0.488. The van der Waals surface area contributed by atoms with E-state index in [0.717, 1.165) is 10.9 Å². The lowest BCUT2D eigenvalue weighted by molar-refractivity contribution is -0.894. The number of nitrogens with two attached hydrogens (primary N) is 1. The zero-order valence-corrected chi connectivity index (χ0v) is 9.15. The number of primary amides is 1. The molecule has 0 aliphatic heterocycles. The molecule has 0 fully saturated rings. The Labute approximate surface area is 80.9 Å². The highest BCUT2D eigenvalue weighted by Gasteiger charge is 2.17. The van der Waals surface area contributed by atoms with Crippen molar-refractivity contribution in [2.75, 3.05) is 21.1 Å². The molecule has 0 saturated heterocycles. The lowest BCUT2D eigenvalue weighted by Crippen LogP contribution is -2.43. The Hall–Kier alpha value is -0.280. The van der Waals surface area contributed by atoms with E-state index < -0.39 is 0 Å². The number of carbonyl (C=O) groups excluding carboxylic acids is 1. The minimum Gasteiger partial charge on any atom is -0.370 e. The molecule has 0 radical (unpaired) electrons. The number of amides is 1. The van der Waals surface area contributed by atoms with Crippen LogP contribution in [-0.2, 0) is 4.79 Å². The highest BCUT2D eigenvalue weighted by Crippen LogP contribution is 2.07. The Morgan fingerprint density at radius 2 is 1.83 bits per heavy atom. The minimum atomic E-state index is -0.203. The van der Waals surface area contributed by atoms with Crippen LogP contribution < -0.4 is 5.73 Å². The molecule has 3 nitrogen and oxygen atoms in total. The molecule has 0 aromatic heterocycles. The zero-order chi connectivity index (χ0) is 9.07. The molecule has 2 N–H and O–H groups in total. The van der Waals surface area contributed by atoms with E-state index in [-0.39, 0.29) is 18.3 Å². The summed E-state index contributed by atoms with van der Waals surface area (Å²) in [6.07, 6.45) is 1.37. The van der Waals surface area contributed by atoms with Gasteiger partial charge in [-0.15, -0.1) is 12.4 Å². The van der Waals surface area contributed by atoms with Crippen molar-refractivity contribution < 1.29 is 9.28 Å². The van der Waals surface area contributed by atoms with Crippen LogP contribution in [0.2, 0.25) is 0 Å². The summed E-state index contributed by atoms with van der Waals surface area (Å²) in [6.45, 7) is 2.13. The third-order valence-electron chi connectivity index (χ3n) is 2.13. The number of hydrogen-bond acceptors (Lipinski definition) is 1. The van der Waals surface area contributed by atoms with E-state index in [4.69, 9.17) is 5.73 Å². The van der Waals surface area contributed by atoms with E-state index >= 15 is 0 Å². The Bertz CT molecular complexity index is 142. The quantitative estimate of drug-likeness (QED) is 0.662. The molecule has 0 heterocycles. The van der Waals surface area contributed by atoms with Gasteiger partial charge in [-0.2, -0.15) is 0 Å². The SMILES string of the molecule is CC(CCC(N)=O)[N+](C)(C)C.Cl. The second kappa shape index (κ2) is 5.38. The number of halogens is 1. The van der Waals surface area contributed by atoms with E-state index in [9.17, 15) is 4.79 Å². The molecular formula is C8H20ClN2O+. The lowest BCUT2D eigenvalue weighted by Gasteiger charge is -2.31. The summed E-state index contributed by atoms with van der Waals surface area (Å²) in [4.78, 5) is 10.4. The summed E-state index contributed by atoms with van der Waals surface area (Å²) in [7, 11) is 6.35. The summed E-state index contributed by atoms with van der Waals surface area (Å²) in [5.74, 6) is -0.203. The van der Waals surface area contributed by atoms with E-state index in [1.54, 1.807) is 0 Å². The number of nitrogens with zero attached hydrogens (tertiary/aromatic N) is 1. The highest BCUT2D eigenvalue weighted by molar-refractivity contribution is 5.85. The number of carbonyl (C=O) groups is 1. The van der Waals surface area contributed by atoms with E-state index in [2.05, 4.69) is 28.1 Å². The Balaban J connectivity index is 0. The van der Waals surface area contributed by atoms with Crippen LogP contribution in [0.25, 0.3) is 0 Å². The van der Waals surface area contributed by atoms with Crippen molar-refractivity contribution in [1.29, 1.82) is 0 Å². The summed E-state index contributed by atoms with van der Waals surface area (Å²) < 4.78 is 0.882. The van der Waals surface area contributed by atoms with Crippen molar-refractivity contribution in [3.63, 3.8) is 0 Å². The molecule has 0 aliphatic rings. The number of hydrogen-bond donors (Lipinski definition) is 1. The minimum absolute atomic E-state index is 0. The summed E-state index contributed by atoms with van der Waals surface area (Å²) in [5.41, 5.74) is 5.04. The predicted octanol–water partition coefficient (Wildman–Crippen LogP) is 0.768. The largest absolute Gasteiger partial charge is 0.370 e. The molecule has 0 spiro atoms. The van der Waals surface area contributed by atoms with Gasteiger partial charge < -0.3 is 10.2 Å². The van der Waals surface area contributed by atoms with Crippen molar-refractivity contribution in [1.82, 2.24) is 0 Å². The Kier molecular flexibility index (Phi) is 6.39. The van der Waals surface area contributed by atoms with Crippen molar-refractivity contribution in [3.8, 4) is 0 Å². The van der Waals surface area contributed by atoms with Crippen molar-refractivity contribution in [2.24, 2.45) is 5.73 Å². The van der Waals surface area contributed by atoms with Gasteiger partial charge in [-0.1, -0.05) is 0 Å². The monoisotopic (exact) mass is 195 g/mol. The van der Waals surface area contributed by atoms with Gasteiger partial charge in [0.05, 0.1) is 27.2 Å². The standard InChI is InChI=1S/C8H18N2O.ClH/c1-7(10(2,3)4)5-6-8(9)11;/h7H,5-6H2,1-4H3,(H-,9,11);1H/p+1. The maximum atomic E-state index is 10.4.